The SMILES string of the molecule is CCCCCCCCC[PH](CCC)(CCC)CCC. The number of unbranched alkanes of at least 4 members (excludes halogenated alkanes) is 6. The summed E-state index contributed by atoms with van der Waals surface area (Å²) in [4.78, 5) is 0. The van der Waals surface area contributed by atoms with Crippen molar-refractivity contribution in [3.8, 4) is 0 Å². The molecule has 0 radical (unpaired) electrons. The van der Waals surface area contributed by atoms with Crippen LogP contribution in [0.5, 0.6) is 0 Å². The Morgan fingerprint density at radius 1 is 0.421 bits per heavy atom. The number of hydrogen-bond acceptors (Lipinski definition) is 0. The molecule has 0 heterocycles. The molecule has 0 aromatic carbocycles. The molecular formula is C18H41P. The van der Waals surface area contributed by atoms with Gasteiger partial charge in [0.1, 0.15) is 0 Å². The van der Waals surface area contributed by atoms with Crippen LogP contribution in [-0.4, -0.2) is 24.6 Å². The second kappa shape index (κ2) is 13.4. The summed E-state index contributed by atoms with van der Waals surface area (Å²) in [7, 11) is -0.871. The zero-order valence-corrected chi connectivity index (χ0v) is 15.4. The van der Waals surface area contributed by atoms with Gasteiger partial charge < -0.3 is 0 Å². The summed E-state index contributed by atoms with van der Waals surface area (Å²) >= 11 is 0. The minimum absolute atomic E-state index is 0.871. The molecule has 118 valence electrons. The molecule has 0 spiro atoms. The van der Waals surface area contributed by atoms with E-state index in [-0.39, 0.29) is 0 Å². The molecule has 0 aliphatic carbocycles. The molecule has 0 nitrogen and oxygen atoms in total. The third-order valence-corrected chi connectivity index (χ3v) is 10.7. The van der Waals surface area contributed by atoms with E-state index in [4.69, 9.17) is 0 Å². The summed E-state index contributed by atoms with van der Waals surface area (Å²) in [5.74, 6) is 0. The molecule has 0 rings (SSSR count). The van der Waals surface area contributed by atoms with Gasteiger partial charge in [0.2, 0.25) is 0 Å². The maximum atomic E-state index is 2.40. The van der Waals surface area contributed by atoms with Crippen LogP contribution in [0.2, 0.25) is 0 Å². The first kappa shape index (κ1) is 19.4. The number of hydrogen-bond donors (Lipinski definition) is 0. The average molecular weight is 289 g/mol. The monoisotopic (exact) mass is 288 g/mol. The first-order chi connectivity index (χ1) is 9.24. The van der Waals surface area contributed by atoms with E-state index in [1.165, 1.54) is 57.8 Å². The fraction of sp³-hybridized carbons (Fsp3) is 1.00. The Morgan fingerprint density at radius 2 is 0.842 bits per heavy atom. The van der Waals surface area contributed by atoms with Gasteiger partial charge in [0.05, 0.1) is 0 Å². The molecule has 1 heteroatoms. The second-order valence-corrected chi connectivity index (χ2v) is 11.6. The molecule has 0 bridgehead atoms. The second-order valence-electron chi connectivity index (χ2n) is 6.62. The standard InChI is InChI=1S/C18H41P/c1-5-9-10-11-12-13-14-18-19(15-6-2,16-7-3)17-8-4/h19H,5-18H2,1-4H3. The van der Waals surface area contributed by atoms with Crippen LogP contribution in [0.1, 0.15) is 91.9 Å². The van der Waals surface area contributed by atoms with Crippen LogP contribution in [0.25, 0.3) is 0 Å². The fourth-order valence-electron chi connectivity index (χ4n) is 3.80. The van der Waals surface area contributed by atoms with Gasteiger partial charge >= 0.3 is 124 Å². The van der Waals surface area contributed by atoms with Crippen LogP contribution >= 0.6 is 7.26 Å². The van der Waals surface area contributed by atoms with Gasteiger partial charge in [-0.2, -0.15) is 0 Å². The van der Waals surface area contributed by atoms with Crippen molar-refractivity contribution in [2.75, 3.05) is 24.6 Å². The van der Waals surface area contributed by atoms with Crippen molar-refractivity contribution in [1.29, 1.82) is 0 Å². The van der Waals surface area contributed by atoms with Gasteiger partial charge in [0, 0.05) is 0 Å². The van der Waals surface area contributed by atoms with Crippen LogP contribution in [0.15, 0.2) is 0 Å². The number of rotatable bonds is 14. The maximum absolute atomic E-state index is 2.40. The first-order valence-electron chi connectivity index (χ1n) is 9.24. The minimum atomic E-state index is -0.871. The van der Waals surface area contributed by atoms with Crippen LogP contribution in [0, 0.1) is 0 Å². The third-order valence-electron chi connectivity index (χ3n) is 4.65. The van der Waals surface area contributed by atoms with Gasteiger partial charge in [0.25, 0.3) is 0 Å². The topological polar surface area (TPSA) is 0 Å². The van der Waals surface area contributed by atoms with Crippen LogP contribution < -0.4 is 0 Å². The summed E-state index contributed by atoms with van der Waals surface area (Å²) in [6, 6.07) is 0. The summed E-state index contributed by atoms with van der Waals surface area (Å²) in [6.45, 7) is 9.51. The van der Waals surface area contributed by atoms with E-state index in [1.54, 1.807) is 31.1 Å². The molecule has 0 aliphatic heterocycles. The molecule has 0 N–H and O–H groups in total. The summed E-state index contributed by atoms with van der Waals surface area (Å²) in [6.07, 6.45) is 21.1. The summed E-state index contributed by atoms with van der Waals surface area (Å²) in [5, 5.41) is 0. The van der Waals surface area contributed by atoms with E-state index in [1.807, 2.05) is 0 Å². The summed E-state index contributed by atoms with van der Waals surface area (Å²) in [5.41, 5.74) is 0. The Morgan fingerprint density at radius 3 is 1.26 bits per heavy atom. The van der Waals surface area contributed by atoms with Crippen molar-refractivity contribution in [2.45, 2.75) is 91.9 Å². The van der Waals surface area contributed by atoms with E-state index >= 15 is 0 Å². The van der Waals surface area contributed by atoms with Gasteiger partial charge in [-0.15, -0.1) is 0 Å². The molecule has 0 aromatic rings. The molecule has 19 heavy (non-hydrogen) atoms. The Kier molecular flexibility index (Phi) is 13.7. The molecule has 0 saturated carbocycles. The van der Waals surface area contributed by atoms with E-state index in [2.05, 4.69) is 27.7 Å². The van der Waals surface area contributed by atoms with Gasteiger partial charge in [-0.05, 0) is 0 Å². The Labute approximate surface area is 124 Å². The quantitative estimate of drug-likeness (QED) is 0.246. The Balaban J connectivity index is 3.89. The van der Waals surface area contributed by atoms with Crippen molar-refractivity contribution < 1.29 is 0 Å². The zero-order valence-electron chi connectivity index (χ0n) is 14.4. The summed E-state index contributed by atoms with van der Waals surface area (Å²) < 4.78 is 0. The first-order valence-corrected chi connectivity index (χ1v) is 12.1. The van der Waals surface area contributed by atoms with Crippen LogP contribution in [-0.2, 0) is 0 Å². The van der Waals surface area contributed by atoms with E-state index < -0.39 is 7.26 Å². The molecule has 0 atom stereocenters. The van der Waals surface area contributed by atoms with Crippen molar-refractivity contribution >= 4 is 7.26 Å². The molecule has 0 unspecified atom stereocenters. The van der Waals surface area contributed by atoms with E-state index in [0.29, 0.717) is 0 Å². The van der Waals surface area contributed by atoms with Crippen LogP contribution in [0.3, 0.4) is 0 Å². The molecule has 0 saturated heterocycles. The molecule has 0 fully saturated rings. The Hall–Kier alpha value is 0.430. The predicted molar refractivity (Wildman–Crippen MR) is 96.6 cm³/mol. The van der Waals surface area contributed by atoms with Crippen molar-refractivity contribution in [1.82, 2.24) is 0 Å². The van der Waals surface area contributed by atoms with Gasteiger partial charge in [-0.25, -0.2) is 0 Å². The molecule has 0 aromatic heterocycles. The zero-order chi connectivity index (χ0) is 14.4. The van der Waals surface area contributed by atoms with Crippen molar-refractivity contribution in [3.05, 3.63) is 0 Å². The van der Waals surface area contributed by atoms with Gasteiger partial charge in [-0.3, -0.25) is 0 Å². The predicted octanol–water partition coefficient (Wildman–Crippen LogP) is 6.72. The van der Waals surface area contributed by atoms with Gasteiger partial charge in [0.15, 0.2) is 0 Å². The molecule has 0 aliphatic rings. The third kappa shape index (κ3) is 9.89. The van der Waals surface area contributed by atoms with E-state index in [0.717, 1.165) is 0 Å². The normalized spacial score (nSPS) is 12.8. The van der Waals surface area contributed by atoms with Crippen molar-refractivity contribution in [3.63, 3.8) is 0 Å². The van der Waals surface area contributed by atoms with Crippen LogP contribution in [0.4, 0.5) is 0 Å². The molecule has 0 amide bonds. The molecular weight excluding hydrogens is 247 g/mol. The average Bonchev–Trinajstić information content (AvgIpc) is 2.39. The fourth-order valence-corrected chi connectivity index (χ4v) is 9.48. The van der Waals surface area contributed by atoms with Gasteiger partial charge in [-0.1, -0.05) is 0 Å². The Bertz CT molecular complexity index is 160. The van der Waals surface area contributed by atoms with E-state index in [9.17, 15) is 0 Å². The van der Waals surface area contributed by atoms with Crippen molar-refractivity contribution in [2.24, 2.45) is 0 Å².